The van der Waals surface area contributed by atoms with Crippen molar-refractivity contribution in [1.82, 2.24) is 20.7 Å². The number of rotatable bonds is 4. The zero-order chi connectivity index (χ0) is 12.2. The Bertz CT molecular complexity index is 504. The number of nitrogens with zero attached hydrogens (tertiary/aromatic N) is 2. The first-order valence-electron chi connectivity index (χ1n) is 6.56. The minimum Gasteiger partial charge on any atom is -0.494 e. The Balaban J connectivity index is 1.52. The van der Waals surface area contributed by atoms with Crippen LogP contribution >= 0.6 is 0 Å². The van der Waals surface area contributed by atoms with Crippen molar-refractivity contribution in [2.45, 2.75) is 19.3 Å². The molecule has 1 aliphatic rings. The molecule has 1 aromatic carbocycles. The highest BCUT2D eigenvalue weighted by Crippen LogP contribution is 2.19. The highest BCUT2D eigenvalue weighted by atomic mass is 16.5. The van der Waals surface area contributed by atoms with E-state index < -0.39 is 0 Å². The highest BCUT2D eigenvalue weighted by Gasteiger charge is 2.12. The van der Waals surface area contributed by atoms with Crippen LogP contribution in [0.4, 0.5) is 0 Å². The molecule has 0 atom stereocenters. The molecule has 0 aliphatic carbocycles. The molecule has 0 amide bonds. The van der Waals surface area contributed by atoms with Gasteiger partial charge < -0.3 is 10.1 Å². The topological polar surface area (TPSA) is 62.8 Å². The number of piperidine rings is 1. The number of benzene rings is 1. The number of hydrogen-bond donors (Lipinski definition) is 2. The second kappa shape index (κ2) is 5.35. The molecule has 2 N–H and O–H groups in total. The Labute approximate surface area is 106 Å². The zero-order valence-electron chi connectivity index (χ0n) is 10.4. The van der Waals surface area contributed by atoms with E-state index in [-0.39, 0.29) is 0 Å². The van der Waals surface area contributed by atoms with E-state index in [1.165, 1.54) is 12.8 Å². The highest BCUT2D eigenvalue weighted by molar-refractivity contribution is 5.75. The Kier molecular flexibility index (Phi) is 3.41. The molecular formula is C13H18N4O. The summed E-state index contributed by atoms with van der Waals surface area (Å²) in [5.41, 5.74) is 1.73. The van der Waals surface area contributed by atoms with Crippen LogP contribution in [0.15, 0.2) is 18.2 Å². The van der Waals surface area contributed by atoms with Crippen molar-refractivity contribution in [2.75, 3.05) is 19.7 Å². The summed E-state index contributed by atoms with van der Waals surface area (Å²) >= 11 is 0. The summed E-state index contributed by atoms with van der Waals surface area (Å²) in [6.07, 6.45) is 3.68. The monoisotopic (exact) mass is 246 g/mol. The Hall–Kier alpha value is -1.62. The van der Waals surface area contributed by atoms with Crippen LogP contribution < -0.4 is 10.1 Å². The maximum absolute atomic E-state index is 5.78. The minimum absolute atomic E-state index is 0.786. The van der Waals surface area contributed by atoms with Gasteiger partial charge in [-0.25, -0.2) is 0 Å². The van der Waals surface area contributed by atoms with E-state index in [1.807, 2.05) is 18.2 Å². The lowest BCUT2D eigenvalue weighted by molar-refractivity contribution is 0.252. The van der Waals surface area contributed by atoms with Crippen LogP contribution in [0.3, 0.4) is 0 Å². The first kappa shape index (κ1) is 11.5. The molecule has 1 aliphatic heterocycles. The third kappa shape index (κ3) is 2.61. The quantitative estimate of drug-likeness (QED) is 0.862. The van der Waals surface area contributed by atoms with E-state index >= 15 is 0 Å². The summed E-state index contributed by atoms with van der Waals surface area (Å²) < 4.78 is 5.78. The summed E-state index contributed by atoms with van der Waals surface area (Å²) in [5, 5.41) is 14.1. The molecule has 1 aromatic heterocycles. The van der Waals surface area contributed by atoms with E-state index in [1.54, 1.807) is 0 Å². The van der Waals surface area contributed by atoms with Gasteiger partial charge in [0.25, 0.3) is 0 Å². The van der Waals surface area contributed by atoms with E-state index in [2.05, 4.69) is 20.7 Å². The summed E-state index contributed by atoms with van der Waals surface area (Å²) in [5.74, 6) is 1.69. The average Bonchev–Trinajstić information content (AvgIpc) is 2.87. The van der Waals surface area contributed by atoms with Crippen molar-refractivity contribution in [3.8, 4) is 5.75 Å². The van der Waals surface area contributed by atoms with Crippen LogP contribution in [0.2, 0.25) is 0 Å². The largest absolute Gasteiger partial charge is 0.494 e. The van der Waals surface area contributed by atoms with E-state index in [9.17, 15) is 0 Å². The molecule has 0 bridgehead atoms. The normalized spacial score (nSPS) is 17.1. The number of ether oxygens (including phenoxy) is 1. The van der Waals surface area contributed by atoms with Gasteiger partial charge in [0.15, 0.2) is 0 Å². The molecule has 0 unspecified atom stereocenters. The van der Waals surface area contributed by atoms with Crippen LogP contribution in [0.1, 0.15) is 19.3 Å². The number of aromatic nitrogens is 3. The molecule has 1 saturated heterocycles. The lowest BCUT2D eigenvalue weighted by Gasteiger charge is -2.22. The molecule has 0 radical (unpaired) electrons. The van der Waals surface area contributed by atoms with Gasteiger partial charge in [-0.1, -0.05) is 0 Å². The Morgan fingerprint density at radius 1 is 1.17 bits per heavy atom. The molecule has 5 nitrogen and oxygen atoms in total. The summed E-state index contributed by atoms with van der Waals surface area (Å²) in [6, 6.07) is 5.81. The van der Waals surface area contributed by atoms with Gasteiger partial charge in [0.1, 0.15) is 16.8 Å². The smallest absolute Gasteiger partial charge is 0.121 e. The third-order valence-corrected chi connectivity index (χ3v) is 3.54. The van der Waals surface area contributed by atoms with Crippen molar-refractivity contribution >= 4 is 11.0 Å². The second-order valence-corrected chi connectivity index (χ2v) is 4.80. The molecule has 2 aromatic rings. The number of nitrogens with one attached hydrogen (secondary N) is 2. The first-order chi connectivity index (χ1) is 8.92. The van der Waals surface area contributed by atoms with E-state index in [0.717, 1.165) is 48.8 Å². The molecule has 0 saturated carbocycles. The maximum Gasteiger partial charge on any atom is 0.121 e. The fourth-order valence-corrected chi connectivity index (χ4v) is 2.42. The van der Waals surface area contributed by atoms with Crippen molar-refractivity contribution < 1.29 is 4.74 Å². The molecule has 0 spiro atoms. The standard InChI is InChI=1S/C13H18N4O/c1-2-12-13(16-17-15-12)9-11(1)18-8-5-10-3-6-14-7-4-10/h1-2,9-10,14H,3-8H2,(H,15,16,17). The SMILES string of the molecule is c1cc2n[nH]nc2cc1OCCC1CCNCC1. The van der Waals surface area contributed by atoms with Gasteiger partial charge >= 0.3 is 0 Å². The summed E-state index contributed by atoms with van der Waals surface area (Å²) in [4.78, 5) is 0. The van der Waals surface area contributed by atoms with Crippen LogP contribution in [-0.4, -0.2) is 35.1 Å². The van der Waals surface area contributed by atoms with Crippen LogP contribution in [0.5, 0.6) is 5.75 Å². The fraction of sp³-hybridized carbons (Fsp3) is 0.538. The van der Waals surface area contributed by atoms with Gasteiger partial charge in [-0.05, 0) is 50.4 Å². The molecule has 3 rings (SSSR count). The first-order valence-corrected chi connectivity index (χ1v) is 6.56. The van der Waals surface area contributed by atoms with Crippen LogP contribution in [0.25, 0.3) is 11.0 Å². The number of aromatic amines is 1. The second-order valence-electron chi connectivity index (χ2n) is 4.80. The average molecular weight is 246 g/mol. The van der Waals surface area contributed by atoms with Gasteiger partial charge in [0.05, 0.1) is 6.61 Å². The molecule has 2 heterocycles. The number of fused-ring (bicyclic) bond motifs is 1. The zero-order valence-corrected chi connectivity index (χ0v) is 10.4. The number of hydrogen-bond acceptors (Lipinski definition) is 4. The third-order valence-electron chi connectivity index (χ3n) is 3.54. The lowest BCUT2D eigenvalue weighted by Crippen LogP contribution is -2.28. The molecule has 5 heteroatoms. The Morgan fingerprint density at radius 2 is 2.00 bits per heavy atom. The predicted molar refractivity (Wildman–Crippen MR) is 69.6 cm³/mol. The predicted octanol–water partition coefficient (Wildman–Crippen LogP) is 1.73. The Morgan fingerprint density at radius 3 is 2.89 bits per heavy atom. The van der Waals surface area contributed by atoms with Gasteiger partial charge in [-0.15, -0.1) is 0 Å². The molecule has 96 valence electrons. The molecule has 1 fully saturated rings. The van der Waals surface area contributed by atoms with Gasteiger partial charge in [-0.2, -0.15) is 15.4 Å². The molecular weight excluding hydrogens is 228 g/mol. The summed E-state index contributed by atoms with van der Waals surface area (Å²) in [7, 11) is 0. The maximum atomic E-state index is 5.78. The van der Waals surface area contributed by atoms with Crippen molar-refractivity contribution in [3.05, 3.63) is 18.2 Å². The van der Waals surface area contributed by atoms with Crippen LogP contribution in [0, 0.1) is 5.92 Å². The van der Waals surface area contributed by atoms with Crippen molar-refractivity contribution in [3.63, 3.8) is 0 Å². The van der Waals surface area contributed by atoms with Crippen LogP contribution in [-0.2, 0) is 0 Å². The number of H-pyrrole nitrogens is 1. The van der Waals surface area contributed by atoms with Gasteiger partial charge in [0, 0.05) is 6.07 Å². The molecule has 18 heavy (non-hydrogen) atoms. The summed E-state index contributed by atoms with van der Waals surface area (Å²) in [6.45, 7) is 3.08. The minimum atomic E-state index is 0.786. The van der Waals surface area contributed by atoms with Gasteiger partial charge in [0.2, 0.25) is 0 Å². The fourth-order valence-electron chi connectivity index (χ4n) is 2.42. The van der Waals surface area contributed by atoms with Crippen molar-refractivity contribution in [1.29, 1.82) is 0 Å². The lowest BCUT2D eigenvalue weighted by atomic mass is 9.95. The van der Waals surface area contributed by atoms with Gasteiger partial charge in [-0.3, -0.25) is 0 Å². The van der Waals surface area contributed by atoms with Crippen molar-refractivity contribution in [2.24, 2.45) is 5.92 Å². The van der Waals surface area contributed by atoms with E-state index in [4.69, 9.17) is 4.74 Å². The van der Waals surface area contributed by atoms with E-state index in [0.29, 0.717) is 0 Å².